The van der Waals surface area contributed by atoms with Gasteiger partial charge in [-0.15, -0.1) is 0 Å². The van der Waals surface area contributed by atoms with Crippen molar-refractivity contribution in [2.45, 2.75) is 12.6 Å². The molecule has 1 saturated heterocycles. The lowest BCUT2D eigenvalue weighted by atomic mass is 10.1. The maximum Gasteiger partial charge on any atom is 0.416 e. The SMILES string of the molecule is O=C(c1cccc(C(F)(F)F)c1)N(CCCN1CCOCC1)c1nc2c(F)cccc2s1. The Morgan fingerprint density at radius 3 is 2.62 bits per heavy atom. The zero-order chi connectivity index (χ0) is 22.7. The summed E-state index contributed by atoms with van der Waals surface area (Å²) in [4.78, 5) is 21.1. The molecule has 2 heterocycles. The zero-order valence-corrected chi connectivity index (χ0v) is 17.9. The predicted octanol–water partition coefficient (Wildman–Crippen LogP) is 4.82. The van der Waals surface area contributed by atoms with E-state index in [1.165, 1.54) is 23.1 Å². The minimum absolute atomic E-state index is 0.0917. The predicted molar refractivity (Wildman–Crippen MR) is 115 cm³/mol. The lowest BCUT2D eigenvalue weighted by Gasteiger charge is -2.27. The first-order valence-corrected chi connectivity index (χ1v) is 11.0. The number of carbonyl (C=O) groups excluding carboxylic acids is 1. The minimum Gasteiger partial charge on any atom is -0.379 e. The molecule has 0 bridgehead atoms. The van der Waals surface area contributed by atoms with Crippen molar-refractivity contribution in [1.29, 1.82) is 0 Å². The van der Waals surface area contributed by atoms with Gasteiger partial charge in [-0.1, -0.05) is 23.5 Å². The normalized spacial score (nSPS) is 15.2. The third-order valence-corrected chi connectivity index (χ3v) is 6.27. The monoisotopic (exact) mass is 467 g/mol. The Morgan fingerprint density at radius 1 is 1.16 bits per heavy atom. The van der Waals surface area contributed by atoms with Crippen LogP contribution in [0.4, 0.5) is 22.7 Å². The molecule has 170 valence electrons. The Balaban J connectivity index is 1.61. The second-order valence-electron chi connectivity index (χ2n) is 7.43. The molecule has 0 aliphatic carbocycles. The maximum atomic E-state index is 14.2. The summed E-state index contributed by atoms with van der Waals surface area (Å²) in [6.07, 6.45) is -3.97. The van der Waals surface area contributed by atoms with Crippen LogP contribution in [0.25, 0.3) is 10.2 Å². The molecule has 2 aromatic carbocycles. The molecule has 1 aliphatic rings. The molecule has 32 heavy (non-hydrogen) atoms. The van der Waals surface area contributed by atoms with E-state index in [2.05, 4.69) is 9.88 Å². The number of thiazole rings is 1. The molecule has 0 N–H and O–H groups in total. The molecule has 4 rings (SSSR count). The van der Waals surface area contributed by atoms with E-state index >= 15 is 0 Å². The average Bonchev–Trinajstić information content (AvgIpc) is 3.22. The van der Waals surface area contributed by atoms with Crippen molar-refractivity contribution in [2.24, 2.45) is 0 Å². The molecule has 1 aromatic heterocycles. The van der Waals surface area contributed by atoms with Crippen LogP contribution >= 0.6 is 11.3 Å². The average molecular weight is 467 g/mol. The fraction of sp³-hybridized carbons (Fsp3) is 0.364. The van der Waals surface area contributed by atoms with Gasteiger partial charge < -0.3 is 4.74 Å². The first kappa shape index (κ1) is 22.6. The number of morpholine rings is 1. The van der Waals surface area contributed by atoms with Gasteiger partial charge in [0.1, 0.15) is 11.3 Å². The van der Waals surface area contributed by atoms with Crippen LogP contribution in [-0.2, 0) is 10.9 Å². The molecule has 0 saturated carbocycles. The molecule has 0 unspecified atom stereocenters. The molecular weight excluding hydrogens is 446 g/mol. The van der Waals surface area contributed by atoms with Crippen LogP contribution in [0.3, 0.4) is 0 Å². The quantitative estimate of drug-likeness (QED) is 0.488. The second kappa shape index (κ2) is 9.51. The number of amides is 1. The van der Waals surface area contributed by atoms with E-state index in [1.807, 2.05) is 0 Å². The third kappa shape index (κ3) is 5.08. The summed E-state index contributed by atoms with van der Waals surface area (Å²) in [5.74, 6) is -1.11. The van der Waals surface area contributed by atoms with Crippen LogP contribution in [0, 0.1) is 5.82 Å². The number of carbonyl (C=O) groups is 1. The molecule has 1 fully saturated rings. The Labute approximate surface area is 186 Å². The van der Waals surface area contributed by atoms with Gasteiger partial charge in [0.2, 0.25) is 0 Å². The molecule has 1 amide bonds. The van der Waals surface area contributed by atoms with E-state index < -0.39 is 23.5 Å². The van der Waals surface area contributed by atoms with Crippen molar-refractivity contribution in [3.8, 4) is 0 Å². The number of hydrogen-bond acceptors (Lipinski definition) is 5. The van der Waals surface area contributed by atoms with Crippen LogP contribution in [-0.4, -0.2) is 55.2 Å². The van der Waals surface area contributed by atoms with Gasteiger partial charge in [-0.05, 0) is 36.8 Å². The number of aromatic nitrogens is 1. The number of benzene rings is 2. The number of para-hydroxylation sites is 1. The van der Waals surface area contributed by atoms with Gasteiger partial charge in [0, 0.05) is 31.7 Å². The Kier molecular flexibility index (Phi) is 6.73. The number of rotatable bonds is 6. The summed E-state index contributed by atoms with van der Waals surface area (Å²) in [5.41, 5.74) is -0.847. The summed E-state index contributed by atoms with van der Waals surface area (Å²) in [6, 6.07) is 8.85. The van der Waals surface area contributed by atoms with E-state index in [0.717, 1.165) is 36.6 Å². The molecule has 10 heteroatoms. The fourth-order valence-electron chi connectivity index (χ4n) is 3.56. The number of nitrogens with zero attached hydrogens (tertiary/aromatic N) is 3. The van der Waals surface area contributed by atoms with Crippen molar-refractivity contribution in [3.05, 3.63) is 59.4 Å². The van der Waals surface area contributed by atoms with Crippen molar-refractivity contribution in [2.75, 3.05) is 44.3 Å². The fourth-order valence-corrected chi connectivity index (χ4v) is 4.57. The summed E-state index contributed by atoms with van der Waals surface area (Å²) < 4.78 is 59.5. The number of ether oxygens (including phenoxy) is 1. The van der Waals surface area contributed by atoms with Gasteiger partial charge in [0.05, 0.1) is 23.5 Å². The molecule has 0 radical (unpaired) electrons. The van der Waals surface area contributed by atoms with E-state index in [9.17, 15) is 22.4 Å². The lowest BCUT2D eigenvalue weighted by Crippen LogP contribution is -2.39. The third-order valence-electron chi connectivity index (χ3n) is 5.23. The van der Waals surface area contributed by atoms with Gasteiger partial charge in [-0.25, -0.2) is 9.37 Å². The van der Waals surface area contributed by atoms with Crippen molar-refractivity contribution < 1.29 is 27.1 Å². The number of anilines is 1. The molecule has 0 spiro atoms. The largest absolute Gasteiger partial charge is 0.416 e. The Bertz CT molecular complexity index is 1100. The van der Waals surface area contributed by atoms with Gasteiger partial charge in [0.25, 0.3) is 5.91 Å². The van der Waals surface area contributed by atoms with E-state index in [-0.39, 0.29) is 22.8 Å². The minimum atomic E-state index is -4.56. The highest BCUT2D eigenvalue weighted by molar-refractivity contribution is 7.22. The topological polar surface area (TPSA) is 45.7 Å². The van der Waals surface area contributed by atoms with Crippen molar-refractivity contribution >= 4 is 32.6 Å². The highest BCUT2D eigenvalue weighted by Gasteiger charge is 2.32. The second-order valence-corrected chi connectivity index (χ2v) is 8.44. The van der Waals surface area contributed by atoms with Crippen LogP contribution in [0.15, 0.2) is 42.5 Å². The lowest BCUT2D eigenvalue weighted by molar-refractivity contribution is -0.137. The van der Waals surface area contributed by atoms with Gasteiger partial charge in [0.15, 0.2) is 5.13 Å². The number of halogens is 4. The molecule has 1 aliphatic heterocycles. The van der Waals surface area contributed by atoms with Crippen LogP contribution in [0.5, 0.6) is 0 Å². The van der Waals surface area contributed by atoms with Crippen molar-refractivity contribution in [3.63, 3.8) is 0 Å². The highest BCUT2D eigenvalue weighted by Crippen LogP contribution is 2.33. The zero-order valence-electron chi connectivity index (χ0n) is 17.1. The van der Waals surface area contributed by atoms with Crippen LogP contribution in [0.2, 0.25) is 0 Å². The van der Waals surface area contributed by atoms with E-state index in [4.69, 9.17) is 4.74 Å². The summed E-state index contributed by atoms with van der Waals surface area (Å²) in [7, 11) is 0. The number of alkyl halides is 3. The van der Waals surface area contributed by atoms with E-state index in [0.29, 0.717) is 30.9 Å². The summed E-state index contributed by atoms with van der Waals surface area (Å²) in [5, 5.41) is 0.259. The van der Waals surface area contributed by atoms with Crippen LogP contribution in [0.1, 0.15) is 22.3 Å². The number of fused-ring (bicyclic) bond motifs is 1. The molecule has 0 atom stereocenters. The maximum absolute atomic E-state index is 14.2. The molecule has 5 nitrogen and oxygen atoms in total. The first-order valence-electron chi connectivity index (χ1n) is 10.2. The number of hydrogen-bond donors (Lipinski definition) is 0. The van der Waals surface area contributed by atoms with E-state index in [1.54, 1.807) is 12.1 Å². The van der Waals surface area contributed by atoms with Gasteiger partial charge in [-0.2, -0.15) is 13.2 Å². The summed E-state index contributed by atoms with van der Waals surface area (Å²) >= 11 is 1.14. The van der Waals surface area contributed by atoms with Gasteiger partial charge >= 0.3 is 6.18 Å². The summed E-state index contributed by atoms with van der Waals surface area (Å²) in [6.45, 7) is 3.80. The Hall–Kier alpha value is -2.56. The highest BCUT2D eigenvalue weighted by atomic mass is 32.1. The van der Waals surface area contributed by atoms with Crippen LogP contribution < -0.4 is 4.90 Å². The molecule has 3 aromatic rings. The first-order chi connectivity index (χ1) is 15.3. The standard InChI is InChI=1S/C22H21F4N3O2S/c23-17-6-2-7-18-19(17)27-21(32-18)29(9-3-8-28-10-12-31-13-11-28)20(30)15-4-1-5-16(14-15)22(24,25)26/h1-2,4-7,14H,3,8-13H2. The van der Waals surface area contributed by atoms with Crippen molar-refractivity contribution in [1.82, 2.24) is 9.88 Å². The van der Waals surface area contributed by atoms with Gasteiger partial charge in [-0.3, -0.25) is 14.6 Å². The Morgan fingerprint density at radius 2 is 1.91 bits per heavy atom. The smallest absolute Gasteiger partial charge is 0.379 e. The molecular formula is C22H21F4N3O2S.